The molecule has 18 heavy (non-hydrogen) atoms. The monoisotopic (exact) mass is 254 g/mol. The number of carboxylic acid groups (broad SMARTS) is 1. The number of amides is 2. The molecule has 1 aromatic rings. The van der Waals surface area contributed by atoms with E-state index >= 15 is 0 Å². The smallest absolute Gasteiger partial charge is 0.319 e. The highest BCUT2D eigenvalue weighted by Gasteiger charge is 2.19. The van der Waals surface area contributed by atoms with Gasteiger partial charge in [0.2, 0.25) is 0 Å². The minimum atomic E-state index is -0.935. The number of urea groups is 1. The standard InChI is InChI=1S/C11H18N4O3/c1-7(2)9(4-10(16)17)14-11(18)13-8-5-12-15(3)6-8/h5-7,9H,4H2,1-3H3,(H,16,17)(H2,13,14,18). The Kier molecular flexibility index (Phi) is 4.70. The van der Waals surface area contributed by atoms with Crippen LogP contribution in [0.15, 0.2) is 12.4 Å². The maximum atomic E-state index is 11.7. The molecule has 0 spiro atoms. The topological polar surface area (TPSA) is 96.2 Å². The summed E-state index contributed by atoms with van der Waals surface area (Å²) in [6, 6.07) is -0.831. The van der Waals surface area contributed by atoms with Crippen molar-refractivity contribution < 1.29 is 14.7 Å². The summed E-state index contributed by atoms with van der Waals surface area (Å²) < 4.78 is 1.56. The Morgan fingerprint density at radius 2 is 2.17 bits per heavy atom. The lowest BCUT2D eigenvalue weighted by molar-refractivity contribution is -0.137. The summed E-state index contributed by atoms with van der Waals surface area (Å²) in [5, 5.41) is 17.9. The van der Waals surface area contributed by atoms with Gasteiger partial charge in [0.05, 0.1) is 18.3 Å². The second-order valence-corrected chi connectivity index (χ2v) is 4.45. The van der Waals surface area contributed by atoms with Crippen molar-refractivity contribution in [2.45, 2.75) is 26.3 Å². The van der Waals surface area contributed by atoms with Crippen LogP contribution in [0, 0.1) is 5.92 Å². The second kappa shape index (κ2) is 6.04. The third-order valence-electron chi connectivity index (χ3n) is 2.48. The Balaban J connectivity index is 2.53. The summed E-state index contributed by atoms with van der Waals surface area (Å²) in [4.78, 5) is 22.3. The molecule has 0 bridgehead atoms. The predicted octanol–water partition coefficient (Wildman–Crippen LogP) is 1.04. The number of rotatable bonds is 5. The van der Waals surface area contributed by atoms with Gasteiger partial charge < -0.3 is 15.7 Å². The lowest BCUT2D eigenvalue weighted by Gasteiger charge is -2.20. The summed E-state index contributed by atoms with van der Waals surface area (Å²) in [7, 11) is 1.74. The minimum Gasteiger partial charge on any atom is -0.481 e. The maximum Gasteiger partial charge on any atom is 0.319 e. The van der Waals surface area contributed by atoms with Crippen LogP contribution < -0.4 is 10.6 Å². The third-order valence-corrected chi connectivity index (χ3v) is 2.48. The van der Waals surface area contributed by atoms with Crippen molar-refractivity contribution in [3.05, 3.63) is 12.4 Å². The van der Waals surface area contributed by atoms with Crippen molar-refractivity contribution in [1.82, 2.24) is 15.1 Å². The summed E-state index contributed by atoms with van der Waals surface area (Å²) >= 11 is 0. The molecule has 0 radical (unpaired) electrons. The van der Waals surface area contributed by atoms with Gasteiger partial charge in [-0.2, -0.15) is 5.10 Å². The highest BCUT2D eigenvalue weighted by Crippen LogP contribution is 2.08. The molecule has 1 aromatic heterocycles. The predicted molar refractivity (Wildman–Crippen MR) is 66.2 cm³/mol. The number of carbonyl (C=O) groups is 2. The number of aromatic nitrogens is 2. The van der Waals surface area contributed by atoms with E-state index in [0.29, 0.717) is 5.69 Å². The molecule has 1 unspecified atom stereocenters. The van der Waals surface area contributed by atoms with Crippen molar-refractivity contribution in [2.24, 2.45) is 13.0 Å². The quantitative estimate of drug-likeness (QED) is 0.731. The van der Waals surface area contributed by atoms with Gasteiger partial charge in [0.15, 0.2) is 0 Å². The fourth-order valence-corrected chi connectivity index (χ4v) is 1.46. The van der Waals surface area contributed by atoms with E-state index in [2.05, 4.69) is 15.7 Å². The first-order valence-corrected chi connectivity index (χ1v) is 5.66. The first-order chi connectivity index (χ1) is 8.38. The van der Waals surface area contributed by atoms with Gasteiger partial charge in [-0.3, -0.25) is 9.48 Å². The van der Waals surface area contributed by atoms with E-state index in [1.807, 2.05) is 13.8 Å². The fraction of sp³-hybridized carbons (Fsp3) is 0.545. The van der Waals surface area contributed by atoms with Crippen LogP contribution in [0.1, 0.15) is 20.3 Å². The lowest BCUT2D eigenvalue weighted by atomic mass is 10.0. The van der Waals surface area contributed by atoms with Gasteiger partial charge in [-0.1, -0.05) is 13.8 Å². The van der Waals surface area contributed by atoms with Gasteiger partial charge in [0.25, 0.3) is 0 Å². The molecule has 0 aromatic carbocycles. The van der Waals surface area contributed by atoms with Crippen LogP contribution >= 0.6 is 0 Å². The summed E-state index contributed by atoms with van der Waals surface area (Å²) in [5.74, 6) is -0.892. The van der Waals surface area contributed by atoms with Crippen LogP contribution in [-0.4, -0.2) is 32.9 Å². The van der Waals surface area contributed by atoms with Gasteiger partial charge in [-0.05, 0) is 5.92 Å². The van der Waals surface area contributed by atoms with Crippen LogP contribution in [0.5, 0.6) is 0 Å². The third kappa shape index (κ3) is 4.44. The highest BCUT2D eigenvalue weighted by molar-refractivity contribution is 5.89. The highest BCUT2D eigenvalue weighted by atomic mass is 16.4. The van der Waals surface area contributed by atoms with E-state index < -0.39 is 18.0 Å². The first-order valence-electron chi connectivity index (χ1n) is 5.66. The number of aliphatic carboxylic acids is 1. The lowest BCUT2D eigenvalue weighted by Crippen LogP contribution is -2.42. The van der Waals surface area contributed by atoms with Gasteiger partial charge in [0, 0.05) is 19.3 Å². The van der Waals surface area contributed by atoms with E-state index in [9.17, 15) is 9.59 Å². The Morgan fingerprint density at radius 3 is 2.61 bits per heavy atom. The van der Waals surface area contributed by atoms with Crippen molar-refractivity contribution in [1.29, 1.82) is 0 Å². The molecule has 0 aliphatic carbocycles. The number of carboxylic acids is 1. The largest absolute Gasteiger partial charge is 0.481 e. The summed E-state index contributed by atoms with van der Waals surface area (Å²) in [6.45, 7) is 3.72. The Bertz CT molecular complexity index is 428. The van der Waals surface area contributed by atoms with E-state index in [4.69, 9.17) is 5.11 Å². The van der Waals surface area contributed by atoms with Gasteiger partial charge in [-0.15, -0.1) is 0 Å². The van der Waals surface area contributed by atoms with Crippen molar-refractivity contribution in [3.8, 4) is 0 Å². The molecule has 100 valence electrons. The molecular weight excluding hydrogens is 236 g/mol. The van der Waals surface area contributed by atoms with Crippen LogP contribution in [0.2, 0.25) is 0 Å². The molecule has 1 atom stereocenters. The molecule has 0 saturated heterocycles. The number of aryl methyl sites for hydroxylation is 1. The van der Waals surface area contributed by atoms with Gasteiger partial charge >= 0.3 is 12.0 Å². The first kappa shape index (κ1) is 14.0. The molecular formula is C11H18N4O3. The second-order valence-electron chi connectivity index (χ2n) is 4.45. The van der Waals surface area contributed by atoms with Crippen LogP contribution in [0.4, 0.5) is 10.5 Å². The Morgan fingerprint density at radius 1 is 1.50 bits per heavy atom. The number of nitrogens with zero attached hydrogens (tertiary/aromatic N) is 2. The SMILES string of the molecule is CC(C)C(CC(=O)O)NC(=O)Nc1cnn(C)c1. The number of hydrogen-bond donors (Lipinski definition) is 3. The van der Waals surface area contributed by atoms with Crippen LogP contribution in [-0.2, 0) is 11.8 Å². The number of carbonyl (C=O) groups excluding carboxylic acids is 1. The van der Waals surface area contributed by atoms with Crippen LogP contribution in [0.3, 0.4) is 0 Å². The molecule has 7 nitrogen and oxygen atoms in total. The van der Waals surface area contributed by atoms with Crippen molar-refractivity contribution in [2.75, 3.05) is 5.32 Å². The van der Waals surface area contributed by atoms with E-state index in [1.54, 1.807) is 17.9 Å². The average molecular weight is 254 g/mol. The molecule has 0 aliphatic heterocycles. The van der Waals surface area contributed by atoms with Crippen molar-refractivity contribution in [3.63, 3.8) is 0 Å². The fourth-order valence-electron chi connectivity index (χ4n) is 1.46. The molecule has 1 rings (SSSR count). The zero-order valence-electron chi connectivity index (χ0n) is 10.7. The Hall–Kier alpha value is -2.05. The zero-order chi connectivity index (χ0) is 13.7. The molecule has 0 fully saturated rings. The molecule has 1 heterocycles. The molecule has 2 amide bonds. The number of hydrogen-bond acceptors (Lipinski definition) is 3. The van der Waals surface area contributed by atoms with Gasteiger partial charge in [0.1, 0.15) is 0 Å². The number of anilines is 1. The molecule has 7 heteroatoms. The molecule has 0 aliphatic rings. The average Bonchev–Trinajstić information content (AvgIpc) is 2.62. The van der Waals surface area contributed by atoms with E-state index in [-0.39, 0.29) is 12.3 Å². The summed E-state index contributed by atoms with van der Waals surface area (Å²) in [5.41, 5.74) is 0.563. The Labute approximate surface area is 105 Å². The number of nitrogens with one attached hydrogen (secondary N) is 2. The minimum absolute atomic E-state index is 0.0424. The van der Waals surface area contributed by atoms with Crippen molar-refractivity contribution >= 4 is 17.7 Å². The summed E-state index contributed by atoms with van der Waals surface area (Å²) in [6.07, 6.45) is 3.07. The zero-order valence-corrected chi connectivity index (χ0v) is 10.7. The maximum absolute atomic E-state index is 11.7. The van der Waals surface area contributed by atoms with E-state index in [0.717, 1.165) is 0 Å². The van der Waals surface area contributed by atoms with Crippen LogP contribution in [0.25, 0.3) is 0 Å². The normalized spacial score (nSPS) is 12.2. The van der Waals surface area contributed by atoms with Gasteiger partial charge in [-0.25, -0.2) is 4.79 Å². The van der Waals surface area contributed by atoms with E-state index in [1.165, 1.54) is 6.20 Å². The molecule has 3 N–H and O–H groups in total. The molecule has 0 saturated carbocycles.